The fourth-order valence-corrected chi connectivity index (χ4v) is 16.9. The lowest BCUT2D eigenvalue weighted by Crippen LogP contribution is -2.40. The van der Waals surface area contributed by atoms with Crippen molar-refractivity contribution < 1.29 is 53.3 Å². The number of fused-ring (bicyclic) bond motifs is 14. The Bertz CT molecular complexity index is 4030. The first-order valence-electron chi connectivity index (χ1n) is 30.5. The summed E-state index contributed by atoms with van der Waals surface area (Å²) in [6.45, 7) is 7.61. The van der Waals surface area contributed by atoms with Crippen LogP contribution in [0.1, 0.15) is 177 Å². The Morgan fingerprint density at radius 3 is 2.14 bits per heavy atom. The van der Waals surface area contributed by atoms with Crippen LogP contribution in [0.15, 0.2) is 64.0 Å². The topological polar surface area (TPSA) is 328 Å². The third-order valence-corrected chi connectivity index (χ3v) is 22.2. The number of unbranched alkanes of at least 4 members (excludes halogenated alkanes) is 2. The number of aliphatic carboxylic acids is 2. The Labute approximate surface area is 560 Å². The fraction of sp³-hybridized carbons (Fsp3) is 0.422. The van der Waals surface area contributed by atoms with Crippen molar-refractivity contribution in [2.75, 3.05) is 32.1 Å². The Balaban J connectivity index is 1.03. The van der Waals surface area contributed by atoms with Gasteiger partial charge in [-0.2, -0.15) is 0 Å². The number of carbonyl (C=O) groups is 8. The highest BCUT2D eigenvalue weighted by atomic mass is 32.1. The normalized spacial score (nSPS) is 18.5. The van der Waals surface area contributed by atoms with E-state index in [0.29, 0.717) is 125 Å². The molecule has 1 aliphatic heterocycles. The standard InChI is InChI=1S/C64H70N12O11S6/c1-32(2)39-24-45(77)53-34(4)92-62(74-53)41(25-48(78)65-5)68-56(83)43-29-88-58(70-43)38-20-21-40(60-72-47(31-91-60)76(22-12-8-11-15-51(81)82)50(80)23-35-16-18-37(19-17-35)64(85)86)67-54(38)42-28-89-61(69-42)44-30-90-63(71-44)52(33(3)36-13-9-7-10-14-36)73-49(79)26-66-57(84)55-46(27-87-6)93-59(39)75-55/h7,9-10,13-14,20-21,28-33,35,37,39,41,52H,8,11-12,15-19,22-27H2,1-6H3,(H,65,78)(H,66,84)(H,68,83)(H,73,79)(H,81,82)(H,85,86)/t33-,35?,37?,39?,41-,52-/m0/s1. The minimum absolute atomic E-state index is 0.00170. The van der Waals surface area contributed by atoms with E-state index in [1.54, 1.807) is 28.7 Å². The predicted molar refractivity (Wildman–Crippen MR) is 358 cm³/mol. The number of methoxy groups -OCH3 is 1. The molecule has 6 N–H and O–H groups in total. The van der Waals surface area contributed by atoms with Crippen molar-refractivity contribution in [2.24, 2.45) is 17.8 Å². The van der Waals surface area contributed by atoms with Crippen molar-refractivity contribution in [3.05, 3.63) is 111 Å². The molecule has 10 bridgehead atoms. The number of rotatable bonds is 18. The number of hydrogen-bond donors (Lipinski definition) is 6. The van der Waals surface area contributed by atoms with Crippen molar-refractivity contribution in [3.63, 3.8) is 0 Å². The first-order valence-corrected chi connectivity index (χ1v) is 35.6. The average molecular weight is 1380 g/mol. The molecule has 5 amide bonds. The average Bonchev–Trinajstić information content (AvgIpc) is 1.75. The van der Waals surface area contributed by atoms with Gasteiger partial charge < -0.3 is 36.2 Å². The molecular weight excluding hydrogens is 1310 g/mol. The van der Waals surface area contributed by atoms with Crippen molar-refractivity contribution >= 4 is 121 Å². The van der Waals surface area contributed by atoms with Gasteiger partial charge in [0.2, 0.25) is 17.7 Å². The first-order chi connectivity index (χ1) is 44.7. The van der Waals surface area contributed by atoms with Crippen LogP contribution in [0.5, 0.6) is 0 Å². The van der Waals surface area contributed by atoms with Gasteiger partial charge in [0.25, 0.3) is 11.8 Å². The summed E-state index contributed by atoms with van der Waals surface area (Å²) in [7, 11) is 2.99. The number of anilines is 1. The Morgan fingerprint density at radius 2 is 1.41 bits per heavy atom. The van der Waals surface area contributed by atoms with Gasteiger partial charge >= 0.3 is 11.9 Å². The smallest absolute Gasteiger partial charge is 0.306 e. The highest BCUT2D eigenvalue weighted by molar-refractivity contribution is 7.15. The van der Waals surface area contributed by atoms with Gasteiger partial charge in [-0.05, 0) is 75.0 Å². The molecule has 29 heteroatoms. The Kier molecular flexibility index (Phi) is 22.6. The number of aromatic nitrogens is 7. The van der Waals surface area contributed by atoms with Crippen molar-refractivity contribution in [1.29, 1.82) is 0 Å². The van der Waals surface area contributed by atoms with E-state index < -0.39 is 60.1 Å². The number of thiazole rings is 6. The van der Waals surface area contributed by atoms with Crippen LogP contribution < -0.4 is 26.2 Å². The van der Waals surface area contributed by atoms with E-state index in [9.17, 15) is 48.6 Å². The van der Waals surface area contributed by atoms with Crippen molar-refractivity contribution in [2.45, 2.75) is 129 Å². The van der Waals surface area contributed by atoms with Crippen molar-refractivity contribution in [1.82, 2.24) is 56.2 Å². The number of ether oxygens (including phenoxy) is 1. The maximum absolute atomic E-state index is 14.5. The van der Waals surface area contributed by atoms with Crippen molar-refractivity contribution in [3.8, 4) is 43.4 Å². The summed E-state index contributed by atoms with van der Waals surface area (Å²) in [5.41, 5.74) is 3.54. The summed E-state index contributed by atoms with van der Waals surface area (Å²) in [4.78, 5) is 145. The van der Waals surface area contributed by atoms with Gasteiger partial charge in [0.1, 0.15) is 65.0 Å². The number of Topliss-reactive ketones (excluding diaryl/α,β-unsaturated/α-hetero) is 1. The number of amides is 5. The molecule has 0 saturated heterocycles. The van der Waals surface area contributed by atoms with E-state index in [2.05, 4.69) is 21.3 Å². The molecule has 8 heterocycles. The largest absolute Gasteiger partial charge is 0.481 e. The number of nitrogens with zero attached hydrogens (tertiary/aromatic N) is 8. The minimum atomic E-state index is -0.971. The summed E-state index contributed by atoms with van der Waals surface area (Å²) in [5, 5.41) is 40.4. The molecule has 488 valence electrons. The molecule has 4 atom stereocenters. The Hall–Kier alpha value is -7.93. The summed E-state index contributed by atoms with van der Waals surface area (Å²) >= 11 is 7.58. The molecule has 1 aliphatic carbocycles. The van der Waals surface area contributed by atoms with Gasteiger partial charge in [-0.25, -0.2) is 34.9 Å². The first kappa shape index (κ1) is 67.9. The molecule has 0 spiro atoms. The number of aryl methyl sites for hydroxylation is 1. The van der Waals surface area contributed by atoms with E-state index >= 15 is 0 Å². The highest BCUT2D eigenvalue weighted by Gasteiger charge is 2.34. The van der Waals surface area contributed by atoms with Crippen LogP contribution in [0.4, 0.5) is 5.82 Å². The number of benzene rings is 1. The lowest BCUT2D eigenvalue weighted by atomic mass is 9.80. The van der Waals surface area contributed by atoms with E-state index in [1.165, 1.54) is 82.2 Å². The maximum atomic E-state index is 14.5. The number of carboxylic acid groups (broad SMARTS) is 2. The zero-order chi connectivity index (χ0) is 66.0. The van der Waals surface area contributed by atoms with Crippen LogP contribution >= 0.6 is 68.0 Å². The molecule has 1 saturated carbocycles. The van der Waals surface area contributed by atoms with E-state index in [-0.39, 0.29) is 84.7 Å². The molecule has 0 radical (unpaired) electrons. The van der Waals surface area contributed by atoms with Gasteiger partial charge in [0.05, 0.1) is 53.2 Å². The molecule has 1 fully saturated rings. The van der Waals surface area contributed by atoms with Gasteiger partial charge in [-0.3, -0.25) is 43.3 Å². The monoisotopic (exact) mass is 1370 g/mol. The molecule has 23 nitrogen and oxygen atoms in total. The predicted octanol–water partition coefficient (Wildman–Crippen LogP) is 11.5. The lowest BCUT2D eigenvalue weighted by molar-refractivity contribution is -0.143. The van der Waals surface area contributed by atoms with E-state index in [4.69, 9.17) is 39.6 Å². The third kappa shape index (κ3) is 16.5. The molecule has 7 aromatic heterocycles. The van der Waals surface area contributed by atoms with E-state index in [0.717, 1.165) is 5.56 Å². The summed E-state index contributed by atoms with van der Waals surface area (Å²) in [6, 6.07) is 11.7. The minimum Gasteiger partial charge on any atom is -0.481 e. The van der Waals surface area contributed by atoms with Crippen LogP contribution in [0.25, 0.3) is 43.4 Å². The number of nitrogens with one attached hydrogen (secondary N) is 4. The summed E-state index contributed by atoms with van der Waals surface area (Å²) in [5.74, 6) is -5.14. The zero-order valence-corrected chi connectivity index (χ0v) is 56.8. The number of pyridine rings is 1. The molecule has 1 unspecified atom stereocenters. The molecule has 8 aromatic rings. The molecule has 2 aliphatic rings. The van der Waals surface area contributed by atoms with Gasteiger partial charge in [-0.15, -0.1) is 68.0 Å². The van der Waals surface area contributed by atoms with Crippen LogP contribution in [-0.4, -0.2) is 120 Å². The summed E-state index contributed by atoms with van der Waals surface area (Å²) < 4.78 is 5.51. The molecular formula is C64H70N12O11S6. The number of hydrogen-bond acceptors (Lipinski definition) is 22. The molecule has 93 heavy (non-hydrogen) atoms. The second kappa shape index (κ2) is 30.9. The number of ketones is 1. The fourth-order valence-electron chi connectivity index (χ4n) is 11.2. The second-order valence-electron chi connectivity index (χ2n) is 23.3. The lowest BCUT2D eigenvalue weighted by Gasteiger charge is -2.28. The maximum Gasteiger partial charge on any atom is 0.306 e. The summed E-state index contributed by atoms with van der Waals surface area (Å²) in [6.07, 6.45) is 3.74. The van der Waals surface area contributed by atoms with Crippen LogP contribution in [0, 0.1) is 24.7 Å². The highest BCUT2D eigenvalue weighted by Crippen LogP contribution is 2.42. The van der Waals surface area contributed by atoms with Crippen LogP contribution in [0.3, 0.4) is 0 Å². The molecule has 10 rings (SSSR count). The quantitative estimate of drug-likeness (QED) is 0.0435. The van der Waals surface area contributed by atoms with E-state index in [1.807, 2.05) is 67.9 Å². The molecule has 1 aromatic carbocycles. The van der Waals surface area contributed by atoms with Crippen LogP contribution in [-0.2, 0) is 35.3 Å². The van der Waals surface area contributed by atoms with Gasteiger partial charge in [-0.1, -0.05) is 57.5 Å². The second-order valence-corrected chi connectivity index (χ2v) is 29.1. The third-order valence-electron chi connectivity index (χ3n) is 16.5. The van der Waals surface area contributed by atoms with Gasteiger partial charge in [0, 0.05) is 83.8 Å². The van der Waals surface area contributed by atoms with Gasteiger partial charge in [0.15, 0.2) is 5.78 Å². The number of carboxylic acids is 2. The Morgan fingerprint density at radius 1 is 0.699 bits per heavy atom. The van der Waals surface area contributed by atoms with Crippen LogP contribution in [0.2, 0.25) is 0 Å². The zero-order valence-electron chi connectivity index (χ0n) is 51.9. The SMILES string of the molecule is CNC(=O)C[C@@H]1NC(=O)c2csc(n2)-c2ccc(-c3nc(N(CCCCCC(=O)O)C(=O)CC4CCC(C(=O)O)CC4)cs3)nc2-c2csc(n2)-c2csc(n2)[C@H]([C@@H](C)c2ccccc2)NC(=O)CNC(=O)c2nc(sc2COC)C(C(C)C)CC(=O)c2nc1sc2C. The number of carbonyl (C=O) groups excluding carboxylic acids is 6.